The highest BCUT2D eigenvalue weighted by atomic mass is 15.0. The summed E-state index contributed by atoms with van der Waals surface area (Å²) in [6.45, 7) is 2.32. The molecule has 1 aliphatic rings. The Hall–Kier alpha value is -2.06. The highest BCUT2D eigenvalue weighted by molar-refractivity contribution is 5.85. The molecule has 0 saturated heterocycles. The van der Waals surface area contributed by atoms with Crippen LogP contribution in [0, 0.1) is 0 Å². The molecular weight excluding hydrogens is 292 g/mol. The molecule has 0 radical (unpaired) electrons. The van der Waals surface area contributed by atoms with Gasteiger partial charge in [-0.3, -0.25) is 0 Å². The lowest BCUT2D eigenvalue weighted by molar-refractivity contribution is 0.391. The zero-order chi connectivity index (χ0) is 16.4. The molecular formula is C22H26N2. The summed E-state index contributed by atoms with van der Waals surface area (Å²) in [5.41, 5.74) is 5.67. The smallest absolute Gasteiger partial charge is 0.0478 e. The van der Waals surface area contributed by atoms with Crippen LogP contribution in [0.5, 0.6) is 0 Å². The number of hydrogen-bond donors (Lipinski definition) is 2. The van der Waals surface area contributed by atoms with Gasteiger partial charge in [-0.25, -0.2) is 0 Å². The number of aromatic amines is 1. The van der Waals surface area contributed by atoms with Crippen molar-refractivity contribution in [2.24, 2.45) is 0 Å². The summed E-state index contributed by atoms with van der Waals surface area (Å²) in [6, 6.07) is 20.5. The summed E-state index contributed by atoms with van der Waals surface area (Å²) >= 11 is 0. The van der Waals surface area contributed by atoms with Crippen molar-refractivity contribution in [2.75, 3.05) is 0 Å². The lowest BCUT2D eigenvalue weighted by Crippen LogP contribution is -2.33. The van der Waals surface area contributed by atoms with E-state index in [1.807, 2.05) is 0 Å². The molecule has 0 bridgehead atoms. The van der Waals surface area contributed by atoms with Crippen molar-refractivity contribution in [3.63, 3.8) is 0 Å². The highest BCUT2D eigenvalue weighted by Crippen LogP contribution is 2.34. The van der Waals surface area contributed by atoms with E-state index >= 15 is 0 Å². The molecule has 3 aromatic rings. The van der Waals surface area contributed by atoms with Crippen LogP contribution in [0.15, 0.2) is 54.6 Å². The van der Waals surface area contributed by atoms with Gasteiger partial charge in [0.25, 0.3) is 0 Å². The molecule has 124 valence electrons. The Morgan fingerprint density at radius 1 is 1.08 bits per heavy atom. The van der Waals surface area contributed by atoms with Gasteiger partial charge in [0.2, 0.25) is 0 Å². The predicted octanol–water partition coefficient (Wildman–Crippen LogP) is 5.16. The van der Waals surface area contributed by atoms with Gasteiger partial charge >= 0.3 is 0 Å². The minimum absolute atomic E-state index is 0.465. The van der Waals surface area contributed by atoms with Crippen LogP contribution >= 0.6 is 0 Å². The minimum Gasteiger partial charge on any atom is -0.357 e. The van der Waals surface area contributed by atoms with Crippen LogP contribution in [0.4, 0.5) is 0 Å². The Balaban J connectivity index is 1.46. The Bertz CT molecular complexity index is 803. The molecule has 2 atom stereocenters. The van der Waals surface area contributed by atoms with E-state index in [4.69, 9.17) is 0 Å². The normalized spacial score (nSPS) is 18.5. The molecule has 0 aliphatic heterocycles. The average molecular weight is 318 g/mol. The maximum absolute atomic E-state index is 3.87. The summed E-state index contributed by atoms with van der Waals surface area (Å²) in [5, 5.41) is 5.29. The third kappa shape index (κ3) is 3.11. The fourth-order valence-corrected chi connectivity index (χ4v) is 4.04. The molecule has 1 heterocycles. The number of para-hydroxylation sites is 1. The fraction of sp³-hybridized carbons (Fsp3) is 0.364. The lowest BCUT2D eigenvalue weighted by Gasteiger charge is -2.27. The molecule has 2 heteroatoms. The number of benzene rings is 2. The average Bonchev–Trinajstić information content (AvgIpc) is 3.01. The van der Waals surface area contributed by atoms with Crippen LogP contribution < -0.4 is 5.32 Å². The molecule has 2 nitrogen and oxygen atoms in total. The van der Waals surface area contributed by atoms with E-state index in [1.165, 1.54) is 53.4 Å². The molecule has 24 heavy (non-hydrogen) atoms. The first-order valence-corrected chi connectivity index (χ1v) is 9.21. The quantitative estimate of drug-likeness (QED) is 0.668. The number of fused-ring (bicyclic) bond motifs is 3. The van der Waals surface area contributed by atoms with Crippen molar-refractivity contribution in [1.29, 1.82) is 0 Å². The van der Waals surface area contributed by atoms with Crippen LogP contribution in [0.3, 0.4) is 0 Å². The summed E-state index contributed by atoms with van der Waals surface area (Å²) in [5.74, 6) is 0. The van der Waals surface area contributed by atoms with Crippen molar-refractivity contribution < 1.29 is 0 Å². The first-order chi connectivity index (χ1) is 11.8. The number of rotatable bonds is 5. The number of aryl methyl sites for hydroxylation is 2. The van der Waals surface area contributed by atoms with Crippen LogP contribution in [0.2, 0.25) is 0 Å². The molecule has 0 amide bonds. The van der Waals surface area contributed by atoms with Crippen LogP contribution in [-0.4, -0.2) is 11.0 Å². The SMILES string of the molecule is C[C@H](CCc1ccccc1)NC1CCCc2c1[nH]c1ccccc21. The van der Waals surface area contributed by atoms with Crippen molar-refractivity contribution in [3.8, 4) is 0 Å². The summed E-state index contributed by atoms with van der Waals surface area (Å²) in [4.78, 5) is 3.68. The van der Waals surface area contributed by atoms with Crippen molar-refractivity contribution in [2.45, 2.75) is 51.1 Å². The van der Waals surface area contributed by atoms with Gasteiger partial charge in [-0.15, -0.1) is 0 Å². The van der Waals surface area contributed by atoms with Gasteiger partial charge in [0.1, 0.15) is 0 Å². The molecule has 4 rings (SSSR count). The number of aromatic nitrogens is 1. The molecule has 1 aromatic heterocycles. The van der Waals surface area contributed by atoms with Gasteiger partial charge in [-0.05, 0) is 56.2 Å². The third-order valence-electron chi connectivity index (χ3n) is 5.31. The highest BCUT2D eigenvalue weighted by Gasteiger charge is 2.24. The summed E-state index contributed by atoms with van der Waals surface area (Å²) in [6.07, 6.45) is 6.03. The zero-order valence-electron chi connectivity index (χ0n) is 14.4. The molecule has 0 spiro atoms. The Morgan fingerprint density at radius 2 is 1.88 bits per heavy atom. The molecule has 1 aliphatic carbocycles. The van der Waals surface area contributed by atoms with Gasteiger partial charge in [0, 0.05) is 28.7 Å². The topological polar surface area (TPSA) is 27.8 Å². The first-order valence-electron chi connectivity index (χ1n) is 9.21. The van der Waals surface area contributed by atoms with Crippen LogP contribution in [0.1, 0.15) is 49.0 Å². The van der Waals surface area contributed by atoms with Crippen molar-refractivity contribution in [1.82, 2.24) is 10.3 Å². The largest absolute Gasteiger partial charge is 0.357 e. The van der Waals surface area contributed by atoms with E-state index in [2.05, 4.69) is 71.8 Å². The fourth-order valence-electron chi connectivity index (χ4n) is 4.04. The Kier molecular flexibility index (Phi) is 4.40. The van der Waals surface area contributed by atoms with E-state index in [-0.39, 0.29) is 0 Å². The second-order valence-electron chi connectivity index (χ2n) is 7.10. The standard InChI is InChI=1S/C22H26N2/c1-16(14-15-17-8-3-2-4-9-17)23-21-13-7-11-19-18-10-5-6-12-20(18)24-22(19)21/h2-6,8-10,12,16,21,23-24H,7,11,13-15H2,1H3/t16-,21?/m1/s1. The van der Waals surface area contributed by atoms with Crippen molar-refractivity contribution >= 4 is 10.9 Å². The van der Waals surface area contributed by atoms with E-state index < -0.39 is 0 Å². The maximum Gasteiger partial charge on any atom is 0.0478 e. The number of hydrogen-bond acceptors (Lipinski definition) is 1. The maximum atomic E-state index is 3.87. The summed E-state index contributed by atoms with van der Waals surface area (Å²) in [7, 11) is 0. The van der Waals surface area contributed by atoms with Gasteiger partial charge in [-0.2, -0.15) is 0 Å². The van der Waals surface area contributed by atoms with E-state index in [0.29, 0.717) is 12.1 Å². The van der Waals surface area contributed by atoms with E-state index in [9.17, 15) is 0 Å². The first kappa shape index (κ1) is 15.5. The van der Waals surface area contributed by atoms with Gasteiger partial charge in [0.15, 0.2) is 0 Å². The zero-order valence-corrected chi connectivity index (χ0v) is 14.4. The third-order valence-corrected chi connectivity index (χ3v) is 5.31. The van der Waals surface area contributed by atoms with Crippen LogP contribution in [-0.2, 0) is 12.8 Å². The van der Waals surface area contributed by atoms with Gasteiger partial charge < -0.3 is 10.3 Å². The molecule has 2 aromatic carbocycles. The minimum atomic E-state index is 0.465. The van der Waals surface area contributed by atoms with Gasteiger partial charge in [-0.1, -0.05) is 48.5 Å². The van der Waals surface area contributed by atoms with Crippen LogP contribution in [0.25, 0.3) is 10.9 Å². The predicted molar refractivity (Wildman–Crippen MR) is 101 cm³/mol. The lowest BCUT2D eigenvalue weighted by atomic mass is 9.91. The van der Waals surface area contributed by atoms with Gasteiger partial charge in [0.05, 0.1) is 0 Å². The number of H-pyrrole nitrogens is 1. The molecule has 0 saturated carbocycles. The Morgan fingerprint density at radius 3 is 2.75 bits per heavy atom. The second-order valence-corrected chi connectivity index (χ2v) is 7.10. The summed E-state index contributed by atoms with van der Waals surface area (Å²) < 4.78 is 0. The van der Waals surface area contributed by atoms with Crippen molar-refractivity contribution in [3.05, 3.63) is 71.4 Å². The van der Waals surface area contributed by atoms with E-state index in [1.54, 1.807) is 0 Å². The molecule has 0 fully saturated rings. The number of nitrogens with one attached hydrogen (secondary N) is 2. The second kappa shape index (κ2) is 6.82. The van der Waals surface area contributed by atoms with E-state index in [0.717, 1.165) is 6.42 Å². The molecule has 1 unspecified atom stereocenters. The molecule has 2 N–H and O–H groups in total. The monoisotopic (exact) mass is 318 g/mol. The Labute approximate surface area is 144 Å².